The molecule has 6 nitrogen and oxygen atoms in total. The number of rotatable bonds is 3. The van der Waals surface area contributed by atoms with E-state index < -0.39 is 0 Å². The van der Waals surface area contributed by atoms with Crippen LogP contribution in [-0.2, 0) is 4.74 Å². The maximum absolute atomic E-state index is 11.7. The zero-order chi connectivity index (χ0) is 14.8. The van der Waals surface area contributed by atoms with Gasteiger partial charge in [0.2, 0.25) is 0 Å². The molecule has 0 unspecified atom stereocenters. The summed E-state index contributed by atoms with van der Waals surface area (Å²) in [6.07, 6.45) is -0.274. The van der Waals surface area contributed by atoms with E-state index in [9.17, 15) is 4.79 Å². The van der Waals surface area contributed by atoms with Gasteiger partial charge in [-0.15, -0.1) is 0 Å². The van der Waals surface area contributed by atoms with Crippen molar-refractivity contribution in [3.8, 4) is 5.75 Å². The van der Waals surface area contributed by atoms with Crippen molar-refractivity contribution >= 4 is 17.5 Å². The van der Waals surface area contributed by atoms with Gasteiger partial charge in [0.05, 0.1) is 19.3 Å². The Balaban J connectivity index is 1.88. The van der Waals surface area contributed by atoms with Crippen molar-refractivity contribution in [1.29, 1.82) is 0 Å². The topological polar surface area (TPSA) is 45.3 Å². The highest BCUT2D eigenvalue weighted by Gasteiger charge is 2.25. The van der Waals surface area contributed by atoms with Crippen LogP contribution in [0, 0.1) is 0 Å². The van der Waals surface area contributed by atoms with Crippen LogP contribution in [0.25, 0.3) is 0 Å². The Morgan fingerprint density at radius 1 is 1.14 bits per heavy atom. The summed E-state index contributed by atoms with van der Waals surface area (Å²) in [6.45, 7) is 5.03. The van der Waals surface area contributed by atoms with Crippen LogP contribution in [-0.4, -0.2) is 64.5 Å². The van der Waals surface area contributed by atoms with Crippen molar-refractivity contribution in [2.45, 2.75) is 0 Å². The Bertz CT molecular complexity index is 527. The molecule has 0 atom stereocenters. The fraction of sp³-hybridized carbons (Fsp3) is 0.533. The SMILES string of the molecule is COc1ccc(N2CCOC2=O)cc1N1CCN(C)CC1. The van der Waals surface area contributed by atoms with Gasteiger partial charge < -0.3 is 19.3 Å². The number of ether oxygens (including phenoxy) is 2. The number of amides is 1. The molecule has 1 aromatic carbocycles. The molecule has 114 valence electrons. The summed E-state index contributed by atoms with van der Waals surface area (Å²) >= 11 is 0. The van der Waals surface area contributed by atoms with Crippen LogP contribution in [0.15, 0.2) is 18.2 Å². The molecule has 2 aliphatic heterocycles. The summed E-state index contributed by atoms with van der Waals surface area (Å²) in [6, 6.07) is 5.86. The lowest BCUT2D eigenvalue weighted by atomic mass is 10.2. The predicted octanol–water partition coefficient (Wildman–Crippen LogP) is 1.40. The van der Waals surface area contributed by atoms with E-state index in [4.69, 9.17) is 9.47 Å². The highest BCUT2D eigenvalue weighted by molar-refractivity contribution is 5.90. The van der Waals surface area contributed by atoms with Crippen molar-refractivity contribution < 1.29 is 14.3 Å². The quantitative estimate of drug-likeness (QED) is 0.842. The zero-order valence-electron chi connectivity index (χ0n) is 12.5. The summed E-state index contributed by atoms with van der Waals surface area (Å²) < 4.78 is 10.5. The minimum absolute atomic E-state index is 0.274. The molecule has 2 saturated heterocycles. The van der Waals surface area contributed by atoms with Gasteiger partial charge >= 0.3 is 6.09 Å². The average Bonchev–Trinajstić information content (AvgIpc) is 2.93. The fourth-order valence-electron chi connectivity index (χ4n) is 2.77. The molecule has 6 heteroatoms. The van der Waals surface area contributed by atoms with Gasteiger partial charge in [0.1, 0.15) is 12.4 Å². The molecule has 0 bridgehead atoms. The number of cyclic esters (lactones) is 1. The number of carbonyl (C=O) groups excluding carboxylic acids is 1. The smallest absolute Gasteiger partial charge is 0.414 e. The second kappa shape index (κ2) is 5.81. The number of methoxy groups -OCH3 is 1. The second-order valence-electron chi connectivity index (χ2n) is 5.41. The first-order chi connectivity index (χ1) is 10.2. The van der Waals surface area contributed by atoms with Crippen molar-refractivity contribution in [2.24, 2.45) is 0 Å². The van der Waals surface area contributed by atoms with Crippen LogP contribution in [0.5, 0.6) is 5.75 Å². The molecule has 21 heavy (non-hydrogen) atoms. The Morgan fingerprint density at radius 3 is 2.52 bits per heavy atom. The maximum atomic E-state index is 11.7. The molecular formula is C15H21N3O3. The molecule has 0 aromatic heterocycles. The van der Waals surface area contributed by atoms with Gasteiger partial charge in [-0.1, -0.05) is 0 Å². The molecule has 1 aromatic rings. The number of anilines is 2. The lowest BCUT2D eigenvalue weighted by molar-refractivity contribution is 0.181. The van der Waals surface area contributed by atoms with Crippen LogP contribution in [0.3, 0.4) is 0 Å². The van der Waals surface area contributed by atoms with Gasteiger partial charge in [0.25, 0.3) is 0 Å². The Hall–Kier alpha value is -1.95. The molecule has 2 heterocycles. The number of hydrogen-bond acceptors (Lipinski definition) is 5. The first-order valence-electron chi connectivity index (χ1n) is 7.25. The first-order valence-corrected chi connectivity index (χ1v) is 7.25. The Labute approximate surface area is 124 Å². The molecular weight excluding hydrogens is 270 g/mol. The Kier molecular flexibility index (Phi) is 3.88. The number of nitrogens with zero attached hydrogens (tertiary/aromatic N) is 3. The second-order valence-corrected chi connectivity index (χ2v) is 5.41. The van der Waals surface area contributed by atoms with Crippen LogP contribution in [0.1, 0.15) is 0 Å². The van der Waals surface area contributed by atoms with Crippen molar-refractivity contribution in [2.75, 3.05) is 63.3 Å². The largest absolute Gasteiger partial charge is 0.495 e. The van der Waals surface area contributed by atoms with Crippen LogP contribution >= 0.6 is 0 Å². The molecule has 0 saturated carbocycles. The minimum Gasteiger partial charge on any atom is -0.495 e. The normalized spacial score (nSPS) is 19.8. The van der Waals surface area contributed by atoms with E-state index in [1.165, 1.54) is 0 Å². The number of benzene rings is 1. The molecule has 0 N–H and O–H groups in total. The van der Waals surface area contributed by atoms with Gasteiger partial charge in [0, 0.05) is 31.9 Å². The third-order valence-corrected chi connectivity index (χ3v) is 4.08. The van der Waals surface area contributed by atoms with Crippen molar-refractivity contribution in [3.63, 3.8) is 0 Å². The lowest BCUT2D eigenvalue weighted by Gasteiger charge is -2.35. The number of carbonyl (C=O) groups is 1. The summed E-state index contributed by atoms with van der Waals surface area (Å²) in [4.78, 5) is 18.0. The standard InChI is InChI=1S/C15H21N3O3/c1-16-5-7-17(8-6-16)13-11-12(3-4-14(13)20-2)18-9-10-21-15(18)19/h3-4,11H,5-10H2,1-2H3. The van der Waals surface area contributed by atoms with Crippen LogP contribution in [0.2, 0.25) is 0 Å². The van der Waals surface area contributed by atoms with E-state index in [0.29, 0.717) is 13.2 Å². The van der Waals surface area contributed by atoms with E-state index in [-0.39, 0.29) is 6.09 Å². The first kappa shape index (κ1) is 14.0. The van der Waals surface area contributed by atoms with Crippen LogP contribution in [0.4, 0.5) is 16.2 Å². The highest BCUT2D eigenvalue weighted by atomic mass is 16.6. The van der Waals surface area contributed by atoms with E-state index in [2.05, 4.69) is 16.8 Å². The van der Waals surface area contributed by atoms with Gasteiger partial charge in [-0.2, -0.15) is 0 Å². The molecule has 1 amide bonds. The lowest BCUT2D eigenvalue weighted by Crippen LogP contribution is -2.44. The highest BCUT2D eigenvalue weighted by Crippen LogP contribution is 2.34. The number of likely N-dealkylation sites (N-methyl/N-ethyl adjacent to an activating group) is 1. The number of piperazine rings is 1. The van der Waals surface area contributed by atoms with Gasteiger partial charge in [-0.25, -0.2) is 4.79 Å². The molecule has 2 fully saturated rings. The Morgan fingerprint density at radius 2 is 1.90 bits per heavy atom. The van der Waals surface area contributed by atoms with E-state index in [1.807, 2.05) is 18.2 Å². The third kappa shape index (κ3) is 2.76. The zero-order valence-corrected chi connectivity index (χ0v) is 12.5. The predicted molar refractivity (Wildman–Crippen MR) is 81.4 cm³/mol. The van der Waals surface area contributed by atoms with Crippen molar-refractivity contribution in [1.82, 2.24) is 4.90 Å². The van der Waals surface area contributed by atoms with E-state index in [1.54, 1.807) is 12.0 Å². The third-order valence-electron chi connectivity index (χ3n) is 4.08. The summed E-state index contributed by atoms with van der Waals surface area (Å²) in [5.74, 6) is 0.843. The molecule has 0 spiro atoms. The van der Waals surface area contributed by atoms with E-state index in [0.717, 1.165) is 43.3 Å². The molecule has 0 aliphatic carbocycles. The maximum Gasteiger partial charge on any atom is 0.414 e. The molecule has 2 aliphatic rings. The molecule has 3 rings (SSSR count). The van der Waals surface area contributed by atoms with Crippen molar-refractivity contribution in [3.05, 3.63) is 18.2 Å². The van der Waals surface area contributed by atoms with E-state index >= 15 is 0 Å². The van der Waals surface area contributed by atoms with Gasteiger partial charge in [0.15, 0.2) is 0 Å². The molecule has 0 radical (unpaired) electrons. The fourth-order valence-corrected chi connectivity index (χ4v) is 2.77. The number of hydrogen-bond donors (Lipinski definition) is 0. The minimum atomic E-state index is -0.274. The van der Waals surface area contributed by atoms with Gasteiger partial charge in [-0.05, 0) is 25.2 Å². The summed E-state index contributed by atoms with van der Waals surface area (Å²) in [7, 11) is 3.81. The average molecular weight is 291 g/mol. The van der Waals surface area contributed by atoms with Crippen LogP contribution < -0.4 is 14.5 Å². The monoisotopic (exact) mass is 291 g/mol. The summed E-state index contributed by atoms with van der Waals surface area (Å²) in [5, 5.41) is 0. The summed E-state index contributed by atoms with van der Waals surface area (Å²) in [5.41, 5.74) is 1.91. The van der Waals surface area contributed by atoms with Gasteiger partial charge in [-0.3, -0.25) is 4.90 Å².